The Morgan fingerprint density at radius 2 is 1.65 bits per heavy atom. The van der Waals surface area contributed by atoms with Gasteiger partial charge in [-0.15, -0.1) is 0 Å². The van der Waals surface area contributed by atoms with Crippen LogP contribution >= 0.6 is 0 Å². The van der Waals surface area contributed by atoms with Crippen molar-refractivity contribution in [3.05, 3.63) is 59.7 Å². The lowest BCUT2D eigenvalue weighted by Crippen LogP contribution is -2.47. The monoisotopic (exact) mass is 430 g/mol. The van der Waals surface area contributed by atoms with Crippen molar-refractivity contribution in [3.8, 4) is 11.1 Å². The molecule has 8 nitrogen and oxygen atoms in total. The van der Waals surface area contributed by atoms with Crippen molar-refractivity contribution < 1.29 is 33.5 Å². The first-order chi connectivity index (χ1) is 15.0. The number of amides is 2. The second-order valence-corrected chi connectivity index (χ2v) is 6.96. The number of alkyl halides is 1. The van der Waals surface area contributed by atoms with E-state index in [1.54, 1.807) is 0 Å². The van der Waals surface area contributed by atoms with Crippen molar-refractivity contribution in [1.82, 2.24) is 10.8 Å². The molecule has 3 N–H and O–H groups in total. The number of alkyl carbamates (subject to hydrolysis) is 1. The molecular formula is C22H23FN2O6. The van der Waals surface area contributed by atoms with Crippen LogP contribution in [0.2, 0.25) is 0 Å². The van der Waals surface area contributed by atoms with Crippen LogP contribution in [-0.4, -0.2) is 49.0 Å². The minimum atomic E-state index is -1.20. The van der Waals surface area contributed by atoms with E-state index >= 15 is 0 Å². The smallest absolute Gasteiger partial charge is 0.407 e. The molecule has 0 saturated heterocycles. The summed E-state index contributed by atoms with van der Waals surface area (Å²) < 4.78 is 17.5. The zero-order valence-electron chi connectivity index (χ0n) is 16.7. The molecule has 164 valence electrons. The average Bonchev–Trinajstić information content (AvgIpc) is 3.09. The second-order valence-electron chi connectivity index (χ2n) is 6.96. The summed E-state index contributed by atoms with van der Waals surface area (Å²) in [5.41, 5.74) is 6.23. The van der Waals surface area contributed by atoms with Gasteiger partial charge in [0.2, 0.25) is 0 Å². The maximum absolute atomic E-state index is 12.4. The van der Waals surface area contributed by atoms with Crippen LogP contribution in [0.4, 0.5) is 9.18 Å². The maximum Gasteiger partial charge on any atom is 0.407 e. The Morgan fingerprint density at radius 3 is 2.23 bits per heavy atom. The van der Waals surface area contributed by atoms with Gasteiger partial charge in [-0.1, -0.05) is 48.5 Å². The van der Waals surface area contributed by atoms with Crippen LogP contribution in [0.5, 0.6) is 0 Å². The number of hydroxylamine groups is 1. The highest BCUT2D eigenvalue weighted by Gasteiger charge is 2.30. The highest BCUT2D eigenvalue weighted by molar-refractivity contribution is 5.85. The Morgan fingerprint density at radius 1 is 1.03 bits per heavy atom. The number of rotatable bonds is 10. The van der Waals surface area contributed by atoms with E-state index in [1.165, 1.54) is 0 Å². The number of carboxylic acid groups (broad SMARTS) is 1. The third-order valence-electron chi connectivity index (χ3n) is 4.95. The van der Waals surface area contributed by atoms with Gasteiger partial charge in [0.15, 0.2) is 0 Å². The molecule has 1 unspecified atom stereocenters. The van der Waals surface area contributed by atoms with E-state index in [9.17, 15) is 18.8 Å². The van der Waals surface area contributed by atoms with Gasteiger partial charge in [0.25, 0.3) is 5.91 Å². The number of hydrogen-bond donors (Lipinski definition) is 3. The maximum atomic E-state index is 12.4. The lowest BCUT2D eigenvalue weighted by atomic mass is 9.98. The van der Waals surface area contributed by atoms with E-state index in [0.717, 1.165) is 22.3 Å². The Hall–Kier alpha value is -3.46. The lowest BCUT2D eigenvalue weighted by molar-refractivity contribution is -0.138. The van der Waals surface area contributed by atoms with E-state index in [-0.39, 0.29) is 32.0 Å². The van der Waals surface area contributed by atoms with Gasteiger partial charge >= 0.3 is 12.1 Å². The molecule has 9 heteroatoms. The van der Waals surface area contributed by atoms with Crippen molar-refractivity contribution in [2.24, 2.45) is 0 Å². The molecule has 0 heterocycles. The Balaban J connectivity index is 1.63. The Labute approximate surface area is 178 Å². The van der Waals surface area contributed by atoms with Gasteiger partial charge in [0, 0.05) is 12.3 Å². The van der Waals surface area contributed by atoms with E-state index < -0.39 is 30.7 Å². The molecule has 0 fully saturated rings. The topological polar surface area (TPSA) is 114 Å². The zero-order chi connectivity index (χ0) is 22.2. The lowest BCUT2D eigenvalue weighted by Gasteiger charge is -2.19. The fourth-order valence-electron chi connectivity index (χ4n) is 3.55. The molecule has 0 spiro atoms. The number of halogens is 1. The average molecular weight is 430 g/mol. The van der Waals surface area contributed by atoms with Crippen LogP contribution in [0, 0.1) is 0 Å². The summed E-state index contributed by atoms with van der Waals surface area (Å²) in [4.78, 5) is 40.0. The van der Waals surface area contributed by atoms with Gasteiger partial charge in [-0.2, -0.15) is 0 Å². The molecule has 1 aliphatic carbocycles. The van der Waals surface area contributed by atoms with Crippen LogP contribution in [-0.2, 0) is 19.2 Å². The number of carbonyl (C=O) groups excluding carboxylic acids is 2. The number of benzene rings is 2. The van der Waals surface area contributed by atoms with Gasteiger partial charge < -0.3 is 15.2 Å². The highest BCUT2D eigenvalue weighted by Crippen LogP contribution is 2.44. The minimum Gasteiger partial charge on any atom is -0.481 e. The first-order valence-corrected chi connectivity index (χ1v) is 9.82. The quantitative estimate of drug-likeness (QED) is 0.395. The standard InChI is InChI=1S/C22H23FN2O6/c23-11-12-31-25-21(28)19(9-10-20(26)27)24-22(29)30-13-18-16-7-3-1-5-14(16)15-6-2-4-8-17(15)18/h1-8,18-19H,9-13H2,(H,24,29)(H,25,28)(H,26,27). The zero-order valence-corrected chi connectivity index (χ0v) is 16.7. The fourth-order valence-corrected chi connectivity index (χ4v) is 3.55. The van der Waals surface area contributed by atoms with E-state index in [0.29, 0.717) is 0 Å². The first-order valence-electron chi connectivity index (χ1n) is 9.82. The number of carbonyl (C=O) groups is 3. The van der Waals surface area contributed by atoms with E-state index in [4.69, 9.17) is 9.84 Å². The molecule has 0 aromatic heterocycles. The molecule has 0 aliphatic heterocycles. The van der Waals surface area contributed by atoms with Crippen LogP contribution in [0.25, 0.3) is 11.1 Å². The Bertz CT molecular complexity index is 906. The van der Waals surface area contributed by atoms with Gasteiger partial charge in [-0.25, -0.2) is 14.7 Å². The van der Waals surface area contributed by atoms with Gasteiger partial charge in [0.05, 0.1) is 0 Å². The first kappa shape index (κ1) is 22.2. The molecule has 2 amide bonds. The molecular weight excluding hydrogens is 407 g/mol. The summed E-state index contributed by atoms with van der Waals surface area (Å²) in [6, 6.07) is 14.5. The second kappa shape index (κ2) is 10.5. The van der Waals surface area contributed by atoms with E-state index in [2.05, 4.69) is 10.2 Å². The number of ether oxygens (including phenoxy) is 1. The predicted octanol–water partition coefficient (Wildman–Crippen LogP) is 2.78. The molecule has 31 heavy (non-hydrogen) atoms. The number of carboxylic acids is 1. The van der Waals surface area contributed by atoms with Crippen molar-refractivity contribution in [3.63, 3.8) is 0 Å². The fraction of sp³-hybridized carbons (Fsp3) is 0.318. The summed E-state index contributed by atoms with van der Waals surface area (Å²) in [5, 5.41) is 11.2. The molecule has 2 aromatic carbocycles. The van der Waals surface area contributed by atoms with Crippen LogP contribution in [0.15, 0.2) is 48.5 Å². The molecule has 0 bridgehead atoms. The third kappa shape index (κ3) is 5.58. The van der Waals surface area contributed by atoms with Gasteiger partial charge in [0.1, 0.15) is 25.9 Å². The summed E-state index contributed by atoms with van der Waals surface area (Å²) in [5.74, 6) is -2.07. The van der Waals surface area contributed by atoms with Crippen molar-refractivity contribution in [1.29, 1.82) is 0 Å². The molecule has 3 rings (SSSR count). The Kier molecular flexibility index (Phi) is 7.55. The molecule has 0 saturated carbocycles. The molecule has 2 aromatic rings. The predicted molar refractivity (Wildman–Crippen MR) is 109 cm³/mol. The summed E-state index contributed by atoms with van der Waals surface area (Å²) >= 11 is 0. The molecule has 0 radical (unpaired) electrons. The van der Waals surface area contributed by atoms with Crippen molar-refractivity contribution in [2.45, 2.75) is 24.8 Å². The highest BCUT2D eigenvalue weighted by atomic mass is 19.1. The summed E-state index contributed by atoms with van der Waals surface area (Å²) in [7, 11) is 0. The largest absolute Gasteiger partial charge is 0.481 e. The normalized spacial score (nSPS) is 13.1. The molecule has 1 aliphatic rings. The summed E-state index contributed by atoms with van der Waals surface area (Å²) in [6.45, 7) is -1.12. The van der Waals surface area contributed by atoms with Gasteiger partial charge in [-0.3, -0.25) is 14.4 Å². The number of fused-ring (bicyclic) bond motifs is 3. The SMILES string of the molecule is O=C(O)CCC(NC(=O)OCC1c2ccccc2-c2ccccc21)C(=O)NOCCF. The van der Waals surface area contributed by atoms with Crippen molar-refractivity contribution in [2.75, 3.05) is 19.9 Å². The van der Waals surface area contributed by atoms with E-state index in [1.807, 2.05) is 54.0 Å². The number of nitrogens with one attached hydrogen (secondary N) is 2. The van der Waals surface area contributed by atoms with Crippen molar-refractivity contribution >= 4 is 18.0 Å². The molecule has 1 atom stereocenters. The summed E-state index contributed by atoms with van der Waals surface area (Å²) in [6.07, 6.45) is -1.40. The third-order valence-corrected chi connectivity index (χ3v) is 4.95. The van der Waals surface area contributed by atoms with Crippen LogP contribution in [0.1, 0.15) is 29.9 Å². The van der Waals surface area contributed by atoms with Gasteiger partial charge in [-0.05, 0) is 28.7 Å². The van der Waals surface area contributed by atoms with Crippen LogP contribution < -0.4 is 10.8 Å². The number of aliphatic carboxylic acids is 1. The minimum absolute atomic E-state index is 0.0471. The number of hydrogen-bond acceptors (Lipinski definition) is 5. The van der Waals surface area contributed by atoms with Crippen LogP contribution in [0.3, 0.4) is 0 Å².